The topological polar surface area (TPSA) is 38.5 Å². The number of methoxy groups -OCH3 is 1. The molecule has 94 valence electrons. The highest BCUT2D eigenvalue weighted by molar-refractivity contribution is 5.29. The Labute approximate surface area is 104 Å². The Morgan fingerprint density at radius 3 is 2.65 bits per heavy atom. The van der Waals surface area contributed by atoms with E-state index in [2.05, 4.69) is 24.0 Å². The van der Waals surface area contributed by atoms with Gasteiger partial charge in [0.2, 0.25) is 0 Å². The molecule has 0 amide bonds. The number of hydrogen-bond donors (Lipinski definition) is 1. The fraction of sp³-hybridized carbons (Fsp3) is 0.571. The highest BCUT2D eigenvalue weighted by Gasteiger charge is 2.20. The number of benzene rings is 1. The molecule has 2 rings (SSSR count). The van der Waals surface area contributed by atoms with Gasteiger partial charge in [-0.15, -0.1) is 0 Å². The Kier molecular flexibility index (Phi) is 4.02. The Bertz CT molecular complexity index is 350. The largest absolute Gasteiger partial charge is 0.497 e. The van der Waals surface area contributed by atoms with Gasteiger partial charge in [0, 0.05) is 19.1 Å². The van der Waals surface area contributed by atoms with Gasteiger partial charge in [0.1, 0.15) is 5.75 Å². The van der Waals surface area contributed by atoms with Gasteiger partial charge < -0.3 is 15.4 Å². The first kappa shape index (κ1) is 12.4. The lowest BCUT2D eigenvalue weighted by atomic mass is 10.1. The summed E-state index contributed by atoms with van der Waals surface area (Å²) in [4.78, 5) is 2.46. The quantitative estimate of drug-likeness (QED) is 0.866. The minimum Gasteiger partial charge on any atom is -0.497 e. The van der Waals surface area contributed by atoms with Crippen molar-refractivity contribution in [2.24, 2.45) is 11.7 Å². The van der Waals surface area contributed by atoms with Gasteiger partial charge in [-0.25, -0.2) is 0 Å². The van der Waals surface area contributed by atoms with Crippen LogP contribution in [0.2, 0.25) is 0 Å². The number of likely N-dealkylation sites (tertiary alicyclic amines) is 1. The van der Waals surface area contributed by atoms with E-state index in [1.54, 1.807) is 7.11 Å². The number of nitrogens with two attached hydrogens (primary N) is 1. The van der Waals surface area contributed by atoms with Crippen molar-refractivity contribution < 1.29 is 4.74 Å². The van der Waals surface area contributed by atoms with Gasteiger partial charge in [-0.1, -0.05) is 19.1 Å². The van der Waals surface area contributed by atoms with Gasteiger partial charge in [0.05, 0.1) is 7.11 Å². The third kappa shape index (κ3) is 3.20. The molecule has 0 bridgehead atoms. The highest BCUT2D eigenvalue weighted by atomic mass is 16.5. The molecule has 2 unspecified atom stereocenters. The molecule has 1 aliphatic heterocycles. The van der Waals surface area contributed by atoms with Crippen molar-refractivity contribution >= 4 is 0 Å². The maximum absolute atomic E-state index is 6.23. The molecule has 1 aromatic carbocycles. The van der Waals surface area contributed by atoms with Crippen molar-refractivity contribution in [3.63, 3.8) is 0 Å². The third-order valence-corrected chi connectivity index (χ3v) is 3.51. The lowest BCUT2D eigenvalue weighted by molar-refractivity contribution is 0.306. The maximum atomic E-state index is 6.23. The molecule has 1 aliphatic rings. The summed E-state index contributed by atoms with van der Waals surface area (Å²) in [6.07, 6.45) is 1.30. The van der Waals surface area contributed by atoms with Gasteiger partial charge in [0.25, 0.3) is 0 Å². The molecule has 1 aromatic rings. The van der Waals surface area contributed by atoms with Gasteiger partial charge in [0.15, 0.2) is 0 Å². The average Bonchev–Trinajstić information content (AvgIpc) is 2.75. The molecule has 0 radical (unpaired) electrons. The van der Waals surface area contributed by atoms with Crippen molar-refractivity contribution in [3.05, 3.63) is 29.8 Å². The zero-order chi connectivity index (χ0) is 12.3. The van der Waals surface area contributed by atoms with E-state index in [4.69, 9.17) is 10.5 Å². The Balaban J connectivity index is 1.92. The summed E-state index contributed by atoms with van der Waals surface area (Å²) in [6.45, 7) is 5.63. The van der Waals surface area contributed by atoms with E-state index in [9.17, 15) is 0 Å². The van der Waals surface area contributed by atoms with Gasteiger partial charge in [-0.3, -0.25) is 0 Å². The highest BCUT2D eigenvalue weighted by Crippen LogP contribution is 2.20. The number of nitrogens with zero attached hydrogens (tertiary/aromatic N) is 1. The fourth-order valence-electron chi connectivity index (χ4n) is 2.43. The number of ether oxygens (including phenoxy) is 1. The van der Waals surface area contributed by atoms with Crippen LogP contribution >= 0.6 is 0 Å². The Morgan fingerprint density at radius 1 is 1.41 bits per heavy atom. The first-order valence-corrected chi connectivity index (χ1v) is 6.31. The monoisotopic (exact) mass is 234 g/mol. The molecule has 0 aliphatic carbocycles. The molecule has 2 atom stereocenters. The van der Waals surface area contributed by atoms with Crippen molar-refractivity contribution in [3.8, 4) is 5.75 Å². The van der Waals surface area contributed by atoms with Crippen LogP contribution < -0.4 is 10.5 Å². The van der Waals surface area contributed by atoms with Crippen LogP contribution in [0.4, 0.5) is 0 Å². The van der Waals surface area contributed by atoms with E-state index in [0.717, 1.165) is 18.2 Å². The van der Waals surface area contributed by atoms with Crippen LogP contribution in [0, 0.1) is 5.92 Å². The van der Waals surface area contributed by atoms with Crippen LogP contribution in [0.15, 0.2) is 24.3 Å². The maximum Gasteiger partial charge on any atom is 0.118 e. The standard InChI is InChI=1S/C14H22N2O/c1-11-7-8-16(9-11)10-14(15)12-3-5-13(17-2)6-4-12/h3-6,11,14H,7-10,15H2,1-2H3. The fourth-order valence-corrected chi connectivity index (χ4v) is 2.43. The van der Waals surface area contributed by atoms with Gasteiger partial charge in [-0.2, -0.15) is 0 Å². The van der Waals surface area contributed by atoms with Gasteiger partial charge in [-0.05, 0) is 36.6 Å². The molecule has 0 aromatic heterocycles. The second-order valence-electron chi connectivity index (χ2n) is 5.03. The molecular formula is C14H22N2O. The van der Waals surface area contributed by atoms with E-state index >= 15 is 0 Å². The predicted molar refractivity (Wildman–Crippen MR) is 70.1 cm³/mol. The zero-order valence-corrected chi connectivity index (χ0v) is 10.7. The smallest absolute Gasteiger partial charge is 0.118 e. The molecular weight excluding hydrogens is 212 g/mol. The molecule has 1 heterocycles. The van der Waals surface area contributed by atoms with E-state index in [1.165, 1.54) is 25.1 Å². The minimum atomic E-state index is 0.103. The number of rotatable bonds is 4. The van der Waals surface area contributed by atoms with Crippen molar-refractivity contribution in [2.45, 2.75) is 19.4 Å². The minimum absolute atomic E-state index is 0.103. The van der Waals surface area contributed by atoms with E-state index < -0.39 is 0 Å². The summed E-state index contributed by atoms with van der Waals surface area (Å²) < 4.78 is 5.15. The molecule has 2 N–H and O–H groups in total. The first-order chi connectivity index (χ1) is 8.19. The summed E-state index contributed by atoms with van der Waals surface area (Å²) in [5, 5.41) is 0. The van der Waals surface area contributed by atoms with Crippen molar-refractivity contribution in [2.75, 3.05) is 26.7 Å². The number of hydrogen-bond acceptors (Lipinski definition) is 3. The summed E-state index contributed by atoms with van der Waals surface area (Å²) in [5.41, 5.74) is 7.41. The molecule has 1 saturated heterocycles. The molecule has 1 fully saturated rings. The summed E-state index contributed by atoms with van der Waals surface area (Å²) in [7, 11) is 1.68. The third-order valence-electron chi connectivity index (χ3n) is 3.51. The van der Waals surface area contributed by atoms with Crippen LogP contribution in [-0.2, 0) is 0 Å². The lowest BCUT2D eigenvalue weighted by Gasteiger charge is -2.21. The van der Waals surface area contributed by atoms with E-state index in [-0.39, 0.29) is 6.04 Å². The molecule has 0 spiro atoms. The van der Waals surface area contributed by atoms with Crippen molar-refractivity contribution in [1.29, 1.82) is 0 Å². The second kappa shape index (κ2) is 5.52. The zero-order valence-electron chi connectivity index (χ0n) is 10.7. The summed E-state index contributed by atoms with van der Waals surface area (Å²) in [5.74, 6) is 1.70. The van der Waals surface area contributed by atoms with Crippen LogP contribution in [0.3, 0.4) is 0 Å². The van der Waals surface area contributed by atoms with E-state index in [0.29, 0.717) is 0 Å². The molecule has 3 heteroatoms. The van der Waals surface area contributed by atoms with Crippen LogP contribution in [0.1, 0.15) is 24.9 Å². The van der Waals surface area contributed by atoms with Crippen molar-refractivity contribution in [1.82, 2.24) is 4.90 Å². The second-order valence-corrected chi connectivity index (χ2v) is 5.03. The van der Waals surface area contributed by atoms with Gasteiger partial charge >= 0.3 is 0 Å². The molecule has 0 saturated carbocycles. The summed E-state index contributed by atoms with van der Waals surface area (Å²) >= 11 is 0. The Hall–Kier alpha value is -1.06. The van der Waals surface area contributed by atoms with E-state index in [1.807, 2.05) is 12.1 Å². The average molecular weight is 234 g/mol. The Morgan fingerprint density at radius 2 is 2.12 bits per heavy atom. The van der Waals surface area contributed by atoms with Crippen LogP contribution in [0.5, 0.6) is 5.75 Å². The van der Waals surface area contributed by atoms with Crippen LogP contribution in [-0.4, -0.2) is 31.6 Å². The summed E-state index contributed by atoms with van der Waals surface area (Å²) in [6, 6.07) is 8.17. The van der Waals surface area contributed by atoms with Crippen LogP contribution in [0.25, 0.3) is 0 Å². The SMILES string of the molecule is COc1ccc(C(N)CN2CCC(C)C2)cc1. The normalized spacial score (nSPS) is 22.6. The molecule has 17 heavy (non-hydrogen) atoms. The lowest BCUT2D eigenvalue weighted by Crippen LogP contribution is -2.30. The molecule has 3 nitrogen and oxygen atoms in total. The predicted octanol–water partition coefficient (Wildman–Crippen LogP) is 2.04. The first-order valence-electron chi connectivity index (χ1n) is 6.31.